The van der Waals surface area contributed by atoms with Crippen molar-refractivity contribution in [1.82, 2.24) is 5.32 Å². The summed E-state index contributed by atoms with van der Waals surface area (Å²) in [5.74, 6) is -1.21. The van der Waals surface area contributed by atoms with Crippen molar-refractivity contribution >= 4 is 40.4 Å². The normalized spacial score (nSPS) is 17.0. The van der Waals surface area contributed by atoms with Gasteiger partial charge in [0.1, 0.15) is 0 Å². The average Bonchev–Trinajstić information content (AvgIpc) is 3.18. The first-order valence-electron chi connectivity index (χ1n) is 10.7. The van der Waals surface area contributed by atoms with Gasteiger partial charge in [-0.05, 0) is 60.9 Å². The predicted molar refractivity (Wildman–Crippen MR) is 119 cm³/mol. The van der Waals surface area contributed by atoms with Gasteiger partial charge in [0.2, 0.25) is 0 Å². The molecule has 1 aromatic carbocycles. The topological polar surface area (TPSA) is 78.5 Å². The first-order chi connectivity index (χ1) is 14.6. The van der Waals surface area contributed by atoms with Crippen LogP contribution in [0.15, 0.2) is 35.7 Å². The quantitative estimate of drug-likeness (QED) is 0.574. The number of nitrogens with one attached hydrogen (secondary N) is 2. The van der Waals surface area contributed by atoms with Gasteiger partial charge in [-0.3, -0.25) is 14.4 Å². The summed E-state index contributed by atoms with van der Waals surface area (Å²) in [6.45, 7) is 0.680. The molecule has 2 heterocycles. The van der Waals surface area contributed by atoms with Gasteiger partial charge in [-0.25, -0.2) is 0 Å². The van der Waals surface area contributed by atoms with Gasteiger partial charge in [0.25, 0.3) is 5.91 Å². The molecule has 2 aliphatic rings. The molecular formula is C23H27N3O3S. The van der Waals surface area contributed by atoms with Crippen molar-refractivity contribution in [3.8, 4) is 0 Å². The zero-order chi connectivity index (χ0) is 20.9. The van der Waals surface area contributed by atoms with E-state index in [1.54, 1.807) is 11.0 Å². The minimum absolute atomic E-state index is 0.00511. The molecule has 4 rings (SSSR count). The lowest BCUT2D eigenvalue weighted by atomic mass is 10.0. The monoisotopic (exact) mass is 425 g/mol. The van der Waals surface area contributed by atoms with Gasteiger partial charge in [-0.2, -0.15) is 0 Å². The molecule has 6 nitrogen and oxygen atoms in total. The van der Waals surface area contributed by atoms with E-state index in [1.807, 2.05) is 29.6 Å². The van der Waals surface area contributed by atoms with Crippen molar-refractivity contribution < 1.29 is 14.4 Å². The lowest BCUT2D eigenvalue weighted by molar-refractivity contribution is -0.136. The number of aryl methyl sites for hydroxylation is 1. The molecule has 158 valence electrons. The molecule has 1 saturated carbocycles. The Bertz CT molecular complexity index is 918. The van der Waals surface area contributed by atoms with Crippen LogP contribution in [0, 0.1) is 0 Å². The van der Waals surface area contributed by atoms with Crippen molar-refractivity contribution in [3.05, 3.63) is 46.2 Å². The summed E-state index contributed by atoms with van der Waals surface area (Å²) in [7, 11) is 0. The molecule has 0 radical (unpaired) electrons. The van der Waals surface area contributed by atoms with Crippen molar-refractivity contribution in [1.29, 1.82) is 0 Å². The van der Waals surface area contributed by atoms with Crippen molar-refractivity contribution in [2.75, 3.05) is 16.8 Å². The fourth-order valence-electron chi connectivity index (χ4n) is 4.28. The Morgan fingerprint density at radius 3 is 2.50 bits per heavy atom. The van der Waals surface area contributed by atoms with E-state index >= 15 is 0 Å². The fourth-order valence-corrected chi connectivity index (χ4v) is 4.95. The van der Waals surface area contributed by atoms with Crippen molar-refractivity contribution in [2.45, 2.75) is 57.4 Å². The van der Waals surface area contributed by atoms with E-state index in [0.29, 0.717) is 12.2 Å². The highest BCUT2D eigenvalue weighted by atomic mass is 32.1. The summed E-state index contributed by atoms with van der Waals surface area (Å²) in [6, 6.07) is 9.30. The molecule has 2 aromatic rings. The number of hydrogen-bond donors (Lipinski definition) is 2. The zero-order valence-corrected chi connectivity index (χ0v) is 17.8. The lowest BCUT2D eigenvalue weighted by Gasteiger charge is -2.29. The number of carbonyl (C=O) groups is 3. The van der Waals surface area contributed by atoms with E-state index in [1.165, 1.54) is 24.2 Å². The maximum Gasteiger partial charge on any atom is 0.313 e. The summed E-state index contributed by atoms with van der Waals surface area (Å²) < 4.78 is 0. The van der Waals surface area contributed by atoms with E-state index in [4.69, 9.17) is 0 Å². The third kappa shape index (κ3) is 4.73. The van der Waals surface area contributed by atoms with Gasteiger partial charge in [0, 0.05) is 24.0 Å². The van der Waals surface area contributed by atoms with Gasteiger partial charge in [0.15, 0.2) is 0 Å². The SMILES string of the molecule is O=C(Nc1ccc2c(c1)CCCN2C(=O)c1cccs1)C(=O)NC1CCCCCC1. The third-order valence-corrected chi connectivity index (χ3v) is 6.69. The Balaban J connectivity index is 1.41. The van der Waals surface area contributed by atoms with Gasteiger partial charge in [-0.15, -0.1) is 11.3 Å². The maximum atomic E-state index is 12.8. The number of rotatable bonds is 3. The summed E-state index contributed by atoms with van der Waals surface area (Å²) in [5, 5.41) is 7.49. The molecular weight excluding hydrogens is 398 g/mol. The highest BCUT2D eigenvalue weighted by Gasteiger charge is 2.25. The van der Waals surface area contributed by atoms with E-state index < -0.39 is 11.8 Å². The molecule has 30 heavy (non-hydrogen) atoms. The summed E-state index contributed by atoms with van der Waals surface area (Å²) in [4.78, 5) is 40.0. The minimum Gasteiger partial charge on any atom is -0.345 e. The molecule has 1 aliphatic heterocycles. The standard InChI is InChI=1S/C23H27N3O3S/c27-21(24-17-8-3-1-2-4-9-17)22(28)25-18-11-12-19-16(15-18)7-5-13-26(19)23(29)20-10-6-14-30-20/h6,10-12,14-15,17H,1-5,7-9,13H2,(H,24,27)(H,25,28). The van der Waals surface area contributed by atoms with Crippen LogP contribution in [0.1, 0.15) is 60.2 Å². The van der Waals surface area contributed by atoms with Crippen LogP contribution in [-0.2, 0) is 16.0 Å². The van der Waals surface area contributed by atoms with E-state index in [9.17, 15) is 14.4 Å². The van der Waals surface area contributed by atoms with Crippen molar-refractivity contribution in [3.63, 3.8) is 0 Å². The highest BCUT2D eigenvalue weighted by molar-refractivity contribution is 7.12. The second-order valence-corrected chi connectivity index (χ2v) is 8.94. The Morgan fingerprint density at radius 2 is 1.77 bits per heavy atom. The lowest BCUT2D eigenvalue weighted by Crippen LogP contribution is -2.41. The molecule has 1 aromatic heterocycles. The van der Waals surface area contributed by atoms with E-state index in [-0.39, 0.29) is 11.9 Å². The van der Waals surface area contributed by atoms with E-state index in [2.05, 4.69) is 10.6 Å². The second kappa shape index (κ2) is 9.43. The molecule has 0 bridgehead atoms. The van der Waals surface area contributed by atoms with E-state index in [0.717, 1.165) is 54.7 Å². The minimum atomic E-state index is -0.637. The Morgan fingerprint density at radius 1 is 0.967 bits per heavy atom. The average molecular weight is 426 g/mol. The van der Waals surface area contributed by atoms with Crippen LogP contribution >= 0.6 is 11.3 Å². The smallest absolute Gasteiger partial charge is 0.313 e. The predicted octanol–water partition coefficient (Wildman–Crippen LogP) is 4.12. The molecule has 1 aliphatic carbocycles. The zero-order valence-electron chi connectivity index (χ0n) is 17.0. The third-order valence-electron chi connectivity index (χ3n) is 5.83. The summed E-state index contributed by atoms with van der Waals surface area (Å²) in [6.07, 6.45) is 8.15. The van der Waals surface area contributed by atoms with Gasteiger partial charge >= 0.3 is 11.8 Å². The number of thiophene rings is 1. The number of anilines is 2. The van der Waals surface area contributed by atoms with Gasteiger partial charge < -0.3 is 15.5 Å². The molecule has 7 heteroatoms. The number of amides is 3. The number of hydrogen-bond acceptors (Lipinski definition) is 4. The molecule has 0 spiro atoms. The highest BCUT2D eigenvalue weighted by Crippen LogP contribution is 2.31. The first-order valence-corrected chi connectivity index (χ1v) is 11.6. The number of carbonyl (C=O) groups excluding carboxylic acids is 3. The molecule has 0 unspecified atom stereocenters. The second-order valence-electron chi connectivity index (χ2n) is 8.00. The van der Waals surface area contributed by atoms with Crippen LogP contribution in [0.25, 0.3) is 0 Å². The van der Waals surface area contributed by atoms with Crippen LogP contribution in [0.2, 0.25) is 0 Å². The van der Waals surface area contributed by atoms with Crippen LogP contribution in [0.5, 0.6) is 0 Å². The van der Waals surface area contributed by atoms with Crippen LogP contribution in [-0.4, -0.2) is 30.3 Å². The number of benzene rings is 1. The Hall–Kier alpha value is -2.67. The molecule has 2 N–H and O–H groups in total. The fraction of sp³-hybridized carbons (Fsp3) is 0.435. The Kier molecular flexibility index (Phi) is 6.47. The maximum absolute atomic E-state index is 12.8. The molecule has 1 fully saturated rings. The number of fused-ring (bicyclic) bond motifs is 1. The first kappa shape index (κ1) is 20.6. The molecule has 3 amide bonds. The van der Waals surface area contributed by atoms with Crippen LogP contribution < -0.4 is 15.5 Å². The van der Waals surface area contributed by atoms with Crippen molar-refractivity contribution in [2.24, 2.45) is 0 Å². The molecule has 0 saturated heterocycles. The van der Waals surface area contributed by atoms with Gasteiger partial charge in [-0.1, -0.05) is 31.7 Å². The summed E-state index contributed by atoms with van der Waals surface area (Å²) >= 11 is 1.44. The Labute approximate surface area is 180 Å². The summed E-state index contributed by atoms with van der Waals surface area (Å²) in [5.41, 5.74) is 2.47. The van der Waals surface area contributed by atoms with Crippen LogP contribution in [0.4, 0.5) is 11.4 Å². The largest absolute Gasteiger partial charge is 0.345 e. The van der Waals surface area contributed by atoms with Crippen LogP contribution in [0.3, 0.4) is 0 Å². The molecule has 0 atom stereocenters. The number of nitrogens with zero attached hydrogens (tertiary/aromatic N) is 1. The van der Waals surface area contributed by atoms with Gasteiger partial charge in [0.05, 0.1) is 4.88 Å².